The van der Waals surface area contributed by atoms with Gasteiger partial charge in [0.15, 0.2) is 0 Å². The minimum atomic E-state index is -0.394. The predicted molar refractivity (Wildman–Crippen MR) is 60.7 cm³/mol. The lowest BCUT2D eigenvalue weighted by Crippen LogP contribution is -2.54. The van der Waals surface area contributed by atoms with E-state index >= 15 is 0 Å². The van der Waals surface area contributed by atoms with Crippen LogP contribution in [0.15, 0.2) is 0 Å². The zero-order valence-corrected chi connectivity index (χ0v) is 10.1. The molecule has 0 heterocycles. The van der Waals surface area contributed by atoms with E-state index in [1.54, 1.807) is 0 Å². The Labute approximate surface area is 92.6 Å². The van der Waals surface area contributed by atoms with Gasteiger partial charge in [-0.1, -0.05) is 20.3 Å². The van der Waals surface area contributed by atoms with Gasteiger partial charge in [0.2, 0.25) is 0 Å². The van der Waals surface area contributed by atoms with E-state index in [-0.39, 0.29) is 5.97 Å². The summed E-state index contributed by atoms with van der Waals surface area (Å²) in [5.41, 5.74) is -0.394. The van der Waals surface area contributed by atoms with Gasteiger partial charge in [-0.25, -0.2) is 0 Å². The summed E-state index contributed by atoms with van der Waals surface area (Å²) in [4.78, 5) is 11.8. The lowest BCUT2D eigenvalue weighted by atomic mass is 9.75. The van der Waals surface area contributed by atoms with Crippen molar-refractivity contribution in [2.45, 2.75) is 51.5 Å². The lowest BCUT2D eigenvalue weighted by Gasteiger charge is -2.38. The SMILES string of the molecule is CCNC1(C(=O)OC)CCC(CC)CC1. The molecule has 0 aromatic rings. The number of methoxy groups -OCH3 is 1. The smallest absolute Gasteiger partial charge is 0.326 e. The summed E-state index contributed by atoms with van der Waals surface area (Å²) >= 11 is 0. The Balaban J connectivity index is 2.64. The first-order chi connectivity index (χ1) is 7.18. The topological polar surface area (TPSA) is 38.3 Å². The molecular weight excluding hydrogens is 190 g/mol. The van der Waals surface area contributed by atoms with Gasteiger partial charge in [-0.3, -0.25) is 4.79 Å². The van der Waals surface area contributed by atoms with Crippen LogP contribution in [-0.4, -0.2) is 25.2 Å². The first-order valence-electron chi connectivity index (χ1n) is 6.02. The Morgan fingerprint density at radius 1 is 1.40 bits per heavy atom. The summed E-state index contributed by atoms with van der Waals surface area (Å²) in [6.07, 6.45) is 5.35. The molecule has 0 saturated heterocycles. The molecule has 1 aliphatic rings. The molecule has 0 aromatic heterocycles. The van der Waals surface area contributed by atoms with E-state index in [1.807, 2.05) is 6.92 Å². The third-order valence-corrected chi connectivity index (χ3v) is 3.63. The van der Waals surface area contributed by atoms with Crippen molar-refractivity contribution in [1.82, 2.24) is 5.32 Å². The quantitative estimate of drug-likeness (QED) is 0.727. The average molecular weight is 213 g/mol. The average Bonchev–Trinajstić information content (AvgIpc) is 2.29. The predicted octanol–water partition coefficient (Wildman–Crippen LogP) is 2.11. The Morgan fingerprint density at radius 2 is 2.00 bits per heavy atom. The molecule has 1 N–H and O–H groups in total. The normalized spacial score (nSPS) is 31.3. The van der Waals surface area contributed by atoms with Gasteiger partial charge in [0, 0.05) is 0 Å². The maximum Gasteiger partial charge on any atom is 0.326 e. The van der Waals surface area contributed by atoms with Crippen molar-refractivity contribution in [3.8, 4) is 0 Å². The van der Waals surface area contributed by atoms with Crippen molar-refractivity contribution in [2.75, 3.05) is 13.7 Å². The number of rotatable bonds is 4. The van der Waals surface area contributed by atoms with Crippen molar-refractivity contribution in [3.05, 3.63) is 0 Å². The van der Waals surface area contributed by atoms with E-state index in [4.69, 9.17) is 4.74 Å². The highest BCUT2D eigenvalue weighted by Gasteiger charge is 2.41. The van der Waals surface area contributed by atoms with Crippen LogP contribution in [-0.2, 0) is 9.53 Å². The molecule has 3 heteroatoms. The van der Waals surface area contributed by atoms with E-state index in [2.05, 4.69) is 12.2 Å². The fourth-order valence-corrected chi connectivity index (χ4v) is 2.57. The monoisotopic (exact) mass is 213 g/mol. The van der Waals surface area contributed by atoms with Crippen LogP contribution in [0, 0.1) is 5.92 Å². The summed E-state index contributed by atoms with van der Waals surface area (Å²) in [5.74, 6) is 0.709. The number of likely N-dealkylation sites (N-methyl/N-ethyl adjacent to an activating group) is 1. The molecule has 88 valence electrons. The van der Waals surface area contributed by atoms with Crippen molar-refractivity contribution in [3.63, 3.8) is 0 Å². The summed E-state index contributed by atoms with van der Waals surface area (Å²) in [6, 6.07) is 0. The Kier molecular flexibility index (Phi) is 4.58. The highest BCUT2D eigenvalue weighted by Crippen LogP contribution is 2.34. The molecule has 0 aromatic carbocycles. The minimum Gasteiger partial charge on any atom is -0.468 e. The van der Waals surface area contributed by atoms with Gasteiger partial charge in [0.1, 0.15) is 5.54 Å². The highest BCUT2D eigenvalue weighted by molar-refractivity contribution is 5.80. The first-order valence-corrected chi connectivity index (χ1v) is 6.02. The number of hydrogen-bond donors (Lipinski definition) is 1. The number of hydrogen-bond acceptors (Lipinski definition) is 3. The van der Waals surface area contributed by atoms with Crippen LogP contribution in [0.1, 0.15) is 46.0 Å². The van der Waals surface area contributed by atoms with Gasteiger partial charge in [0.25, 0.3) is 0 Å². The molecule has 1 aliphatic carbocycles. The molecule has 1 fully saturated rings. The second-order valence-corrected chi connectivity index (χ2v) is 4.46. The van der Waals surface area contributed by atoms with Gasteiger partial charge >= 0.3 is 5.97 Å². The molecule has 0 unspecified atom stereocenters. The molecule has 0 amide bonds. The van der Waals surface area contributed by atoms with E-state index in [1.165, 1.54) is 13.5 Å². The minimum absolute atomic E-state index is 0.0843. The summed E-state index contributed by atoms with van der Waals surface area (Å²) in [6.45, 7) is 5.09. The van der Waals surface area contributed by atoms with Crippen LogP contribution in [0.4, 0.5) is 0 Å². The maximum atomic E-state index is 11.8. The molecule has 15 heavy (non-hydrogen) atoms. The zero-order valence-electron chi connectivity index (χ0n) is 10.1. The van der Waals surface area contributed by atoms with Crippen molar-refractivity contribution in [2.24, 2.45) is 5.92 Å². The Hall–Kier alpha value is -0.570. The molecule has 0 bridgehead atoms. The third-order valence-electron chi connectivity index (χ3n) is 3.63. The lowest BCUT2D eigenvalue weighted by molar-refractivity contribution is -0.150. The second kappa shape index (κ2) is 5.50. The zero-order chi connectivity index (χ0) is 11.3. The van der Waals surface area contributed by atoms with Crippen molar-refractivity contribution < 1.29 is 9.53 Å². The van der Waals surface area contributed by atoms with Gasteiger partial charge in [-0.2, -0.15) is 0 Å². The van der Waals surface area contributed by atoms with Crippen molar-refractivity contribution in [1.29, 1.82) is 0 Å². The molecule has 0 aliphatic heterocycles. The Bertz CT molecular complexity index is 208. The van der Waals surface area contributed by atoms with E-state index < -0.39 is 5.54 Å². The Morgan fingerprint density at radius 3 is 2.40 bits per heavy atom. The third kappa shape index (κ3) is 2.71. The number of esters is 1. The molecule has 1 rings (SSSR count). The molecule has 0 radical (unpaired) electrons. The summed E-state index contributed by atoms with van der Waals surface area (Å²) < 4.78 is 4.91. The van der Waals surface area contributed by atoms with Crippen LogP contribution >= 0.6 is 0 Å². The fraction of sp³-hybridized carbons (Fsp3) is 0.917. The number of nitrogens with one attached hydrogen (secondary N) is 1. The standard InChI is InChI=1S/C12H23NO2/c1-4-10-6-8-12(9-7-10,13-5-2)11(14)15-3/h10,13H,4-9H2,1-3H3. The van der Waals surface area contributed by atoms with Crippen LogP contribution in [0.5, 0.6) is 0 Å². The largest absolute Gasteiger partial charge is 0.468 e. The summed E-state index contributed by atoms with van der Waals surface area (Å²) in [7, 11) is 1.48. The number of carbonyl (C=O) groups is 1. The molecule has 3 nitrogen and oxygen atoms in total. The molecule has 1 saturated carbocycles. The van der Waals surface area contributed by atoms with Crippen LogP contribution in [0.3, 0.4) is 0 Å². The number of ether oxygens (including phenoxy) is 1. The number of carbonyl (C=O) groups excluding carboxylic acids is 1. The fourth-order valence-electron chi connectivity index (χ4n) is 2.57. The second-order valence-electron chi connectivity index (χ2n) is 4.46. The van der Waals surface area contributed by atoms with Crippen LogP contribution in [0.25, 0.3) is 0 Å². The summed E-state index contributed by atoms with van der Waals surface area (Å²) in [5, 5.41) is 3.32. The highest BCUT2D eigenvalue weighted by atomic mass is 16.5. The van der Waals surface area contributed by atoms with E-state index in [9.17, 15) is 4.79 Å². The van der Waals surface area contributed by atoms with Crippen molar-refractivity contribution >= 4 is 5.97 Å². The van der Waals surface area contributed by atoms with Gasteiger partial charge in [0.05, 0.1) is 7.11 Å². The van der Waals surface area contributed by atoms with E-state index in [0.29, 0.717) is 0 Å². The van der Waals surface area contributed by atoms with E-state index in [0.717, 1.165) is 38.1 Å². The van der Waals surface area contributed by atoms with Crippen LogP contribution in [0.2, 0.25) is 0 Å². The molecule has 0 spiro atoms. The first kappa shape index (κ1) is 12.5. The molecular formula is C12H23NO2. The maximum absolute atomic E-state index is 11.8. The molecule has 0 atom stereocenters. The van der Waals surface area contributed by atoms with Gasteiger partial charge in [-0.15, -0.1) is 0 Å². The van der Waals surface area contributed by atoms with Gasteiger partial charge < -0.3 is 10.1 Å². The van der Waals surface area contributed by atoms with Gasteiger partial charge in [-0.05, 0) is 38.1 Å². The van der Waals surface area contributed by atoms with Crippen LogP contribution < -0.4 is 5.32 Å².